The molecule has 1 aromatic rings. The Kier molecular flexibility index (Phi) is 3.18. The van der Waals surface area contributed by atoms with Gasteiger partial charge < -0.3 is 5.32 Å². The van der Waals surface area contributed by atoms with E-state index in [0.29, 0.717) is 6.04 Å². The monoisotopic (exact) mass is 215 g/mol. The summed E-state index contributed by atoms with van der Waals surface area (Å²) >= 11 is 3.50. The maximum Gasteiger partial charge on any atom is 0.174 e. The summed E-state index contributed by atoms with van der Waals surface area (Å²) in [6, 6.07) is 0.689. The molecule has 0 saturated carbocycles. The van der Waals surface area contributed by atoms with E-state index < -0.39 is 0 Å². The summed E-state index contributed by atoms with van der Waals surface area (Å²) in [7, 11) is 0. The summed E-state index contributed by atoms with van der Waals surface area (Å²) in [5.74, 6) is 1.13. The Labute approximate surface area is 86.3 Å². The molecule has 1 N–H and O–H groups in total. The molecule has 72 valence electrons. The lowest BCUT2D eigenvalue weighted by Crippen LogP contribution is -2.23. The zero-order chi connectivity index (χ0) is 9.10. The lowest BCUT2D eigenvalue weighted by atomic mass is 10.3. The van der Waals surface area contributed by atoms with E-state index in [1.165, 1.54) is 19.4 Å². The fourth-order valence-corrected chi connectivity index (χ4v) is 3.35. The van der Waals surface area contributed by atoms with Crippen LogP contribution in [0.25, 0.3) is 0 Å². The summed E-state index contributed by atoms with van der Waals surface area (Å²) in [6.45, 7) is 3.18. The SMILES string of the molecule is Cc1nnc(SC[C@@H]2CCCN2)s1. The molecular weight excluding hydrogens is 202 g/mol. The summed E-state index contributed by atoms with van der Waals surface area (Å²) in [5.41, 5.74) is 0. The highest BCUT2D eigenvalue weighted by atomic mass is 32.2. The molecule has 1 fully saturated rings. The maximum atomic E-state index is 4.08. The number of nitrogens with zero attached hydrogens (tertiary/aromatic N) is 2. The Morgan fingerprint density at radius 3 is 3.15 bits per heavy atom. The van der Waals surface area contributed by atoms with Gasteiger partial charge in [-0.05, 0) is 26.3 Å². The molecular formula is C8H13N3S2. The van der Waals surface area contributed by atoms with Crippen molar-refractivity contribution >= 4 is 23.1 Å². The second-order valence-electron chi connectivity index (χ2n) is 3.19. The molecule has 0 aliphatic carbocycles. The Hall–Kier alpha value is -0.130. The van der Waals surface area contributed by atoms with E-state index in [4.69, 9.17) is 0 Å². The summed E-state index contributed by atoms with van der Waals surface area (Å²) < 4.78 is 1.10. The number of hydrogen-bond donors (Lipinski definition) is 1. The van der Waals surface area contributed by atoms with Gasteiger partial charge in [0.05, 0.1) is 0 Å². The van der Waals surface area contributed by atoms with Crippen LogP contribution in [-0.4, -0.2) is 28.5 Å². The summed E-state index contributed by atoms with van der Waals surface area (Å²) in [6.07, 6.45) is 2.63. The average Bonchev–Trinajstić information content (AvgIpc) is 2.71. The highest BCUT2D eigenvalue weighted by Gasteiger charge is 2.14. The van der Waals surface area contributed by atoms with Gasteiger partial charge in [-0.1, -0.05) is 23.1 Å². The van der Waals surface area contributed by atoms with Crippen LogP contribution in [0.1, 0.15) is 17.8 Å². The van der Waals surface area contributed by atoms with Crippen LogP contribution < -0.4 is 5.32 Å². The Morgan fingerprint density at radius 1 is 1.62 bits per heavy atom. The topological polar surface area (TPSA) is 37.8 Å². The van der Waals surface area contributed by atoms with E-state index in [2.05, 4.69) is 15.5 Å². The van der Waals surface area contributed by atoms with Gasteiger partial charge in [-0.25, -0.2) is 0 Å². The third kappa shape index (κ3) is 2.65. The molecule has 0 unspecified atom stereocenters. The number of thioether (sulfide) groups is 1. The molecule has 13 heavy (non-hydrogen) atoms. The molecule has 0 bridgehead atoms. The predicted octanol–water partition coefficient (Wildman–Crippen LogP) is 1.69. The predicted molar refractivity (Wildman–Crippen MR) is 56.4 cm³/mol. The minimum absolute atomic E-state index is 0.689. The minimum Gasteiger partial charge on any atom is -0.313 e. The van der Waals surface area contributed by atoms with Crippen molar-refractivity contribution in [1.82, 2.24) is 15.5 Å². The average molecular weight is 215 g/mol. The Bertz CT molecular complexity index is 268. The van der Waals surface area contributed by atoms with E-state index in [9.17, 15) is 0 Å². The van der Waals surface area contributed by atoms with Gasteiger partial charge >= 0.3 is 0 Å². The van der Waals surface area contributed by atoms with Gasteiger partial charge in [0.15, 0.2) is 4.34 Å². The van der Waals surface area contributed by atoms with Gasteiger partial charge in [0.25, 0.3) is 0 Å². The van der Waals surface area contributed by atoms with Crippen molar-refractivity contribution in [1.29, 1.82) is 0 Å². The van der Waals surface area contributed by atoms with Crippen molar-refractivity contribution in [2.45, 2.75) is 30.1 Å². The third-order valence-electron chi connectivity index (χ3n) is 2.08. The van der Waals surface area contributed by atoms with Crippen LogP contribution >= 0.6 is 23.1 Å². The van der Waals surface area contributed by atoms with E-state index in [0.717, 1.165) is 15.1 Å². The number of aryl methyl sites for hydroxylation is 1. The molecule has 3 nitrogen and oxygen atoms in total. The Morgan fingerprint density at radius 2 is 2.54 bits per heavy atom. The van der Waals surface area contributed by atoms with Crippen LogP contribution in [-0.2, 0) is 0 Å². The van der Waals surface area contributed by atoms with Crippen LogP contribution in [0.15, 0.2) is 4.34 Å². The Balaban J connectivity index is 1.78. The molecule has 1 aromatic heterocycles. The first kappa shape index (κ1) is 9.43. The van der Waals surface area contributed by atoms with E-state index in [-0.39, 0.29) is 0 Å². The summed E-state index contributed by atoms with van der Waals surface area (Å²) in [5, 5.41) is 12.6. The fourth-order valence-electron chi connectivity index (χ4n) is 1.41. The number of nitrogens with one attached hydrogen (secondary N) is 1. The second-order valence-corrected chi connectivity index (χ2v) is 5.64. The minimum atomic E-state index is 0.689. The van der Waals surface area contributed by atoms with Crippen molar-refractivity contribution in [3.05, 3.63) is 5.01 Å². The molecule has 1 aliphatic heterocycles. The van der Waals surface area contributed by atoms with Gasteiger partial charge in [0.1, 0.15) is 5.01 Å². The van der Waals surface area contributed by atoms with Gasteiger partial charge in [0.2, 0.25) is 0 Å². The van der Waals surface area contributed by atoms with E-state index in [1.807, 2.05) is 18.7 Å². The zero-order valence-corrected chi connectivity index (χ0v) is 9.25. The highest BCUT2D eigenvalue weighted by molar-refractivity contribution is 8.01. The van der Waals surface area contributed by atoms with E-state index >= 15 is 0 Å². The third-order valence-corrected chi connectivity index (χ3v) is 4.21. The first-order chi connectivity index (χ1) is 6.34. The first-order valence-corrected chi connectivity index (χ1v) is 6.31. The lowest BCUT2D eigenvalue weighted by Gasteiger charge is -2.06. The molecule has 1 aliphatic rings. The van der Waals surface area contributed by atoms with Crippen molar-refractivity contribution in [3.8, 4) is 0 Å². The fraction of sp³-hybridized carbons (Fsp3) is 0.750. The van der Waals surface area contributed by atoms with Gasteiger partial charge in [0, 0.05) is 11.8 Å². The standard InChI is InChI=1S/C8H13N3S2/c1-6-10-11-8(13-6)12-5-7-3-2-4-9-7/h7,9H,2-5H2,1H3/t7-/m0/s1. The smallest absolute Gasteiger partial charge is 0.174 e. The van der Waals surface area contributed by atoms with E-state index in [1.54, 1.807) is 11.3 Å². The molecule has 0 aromatic carbocycles. The number of rotatable bonds is 3. The normalized spacial score (nSPS) is 22.4. The van der Waals surface area contributed by atoms with Crippen molar-refractivity contribution in [3.63, 3.8) is 0 Å². The van der Waals surface area contributed by atoms with Crippen LogP contribution in [0.3, 0.4) is 0 Å². The molecule has 0 amide bonds. The van der Waals surface area contributed by atoms with Crippen LogP contribution in [0.2, 0.25) is 0 Å². The summed E-state index contributed by atoms with van der Waals surface area (Å²) in [4.78, 5) is 0. The number of aromatic nitrogens is 2. The zero-order valence-electron chi connectivity index (χ0n) is 7.62. The maximum absolute atomic E-state index is 4.08. The second kappa shape index (κ2) is 4.39. The molecule has 5 heteroatoms. The van der Waals surface area contributed by atoms with Crippen molar-refractivity contribution < 1.29 is 0 Å². The van der Waals surface area contributed by atoms with Crippen LogP contribution in [0, 0.1) is 6.92 Å². The largest absolute Gasteiger partial charge is 0.313 e. The quantitative estimate of drug-likeness (QED) is 0.779. The molecule has 2 rings (SSSR count). The van der Waals surface area contributed by atoms with Gasteiger partial charge in [-0.15, -0.1) is 10.2 Å². The molecule has 0 radical (unpaired) electrons. The molecule has 1 saturated heterocycles. The van der Waals surface area contributed by atoms with Crippen molar-refractivity contribution in [2.24, 2.45) is 0 Å². The first-order valence-electron chi connectivity index (χ1n) is 4.51. The van der Waals surface area contributed by atoms with Crippen LogP contribution in [0.5, 0.6) is 0 Å². The van der Waals surface area contributed by atoms with Gasteiger partial charge in [-0.3, -0.25) is 0 Å². The lowest BCUT2D eigenvalue weighted by molar-refractivity contribution is 0.674. The highest BCUT2D eigenvalue weighted by Crippen LogP contribution is 2.24. The molecule has 0 spiro atoms. The molecule has 2 heterocycles. The van der Waals surface area contributed by atoms with Crippen molar-refractivity contribution in [2.75, 3.05) is 12.3 Å². The molecule has 1 atom stereocenters. The number of hydrogen-bond acceptors (Lipinski definition) is 5. The van der Waals surface area contributed by atoms with Gasteiger partial charge in [-0.2, -0.15) is 0 Å². The van der Waals surface area contributed by atoms with Crippen LogP contribution in [0.4, 0.5) is 0 Å².